The second-order valence-electron chi connectivity index (χ2n) is 5.68. The van der Waals surface area contributed by atoms with Crippen LogP contribution >= 0.6 is 0 Å². The third-order valence-electron chi connectivity index (χ3n) is 4.45. The fraction of sp³-hybridized carbons (Fsp3) is 0.111. The highest BCUT2D eigenvalue weighted by Crippen LogP contribution is 2.34. The van der Waals surface area contributed by atoms with E-state index in [2.05, 4.69) is 17.1 Å². The topological polar surface area (TPSA) is 50.7 Å². The summed E-state index contributed by atoms with van der Waals surface area (Å²) in [5, 5.41) is 1.82. The normalized spacial score (nSPS) is 13.3. The Balaban J connectivity index is 1.96. The summed E-state index contributed by atoms with van der Waals surface area (Å²) in [6.45, 7) is 0.672. The fourth-order valence-electron chi connectivity index (χ4n) is 3.43. The van der Waals surface area contributed by atoms with Crippen molar-refractivity contribution in [2.24, 2.45) is 0 Å². The summed E-state index contributed by atoms with van der Waals surface area (Å²) in [7, 11) is 0. The Hall–Kier alpha value is -2.88. The summed E-state index contributed by atoms with van der Waals surface area (Å²) in [6.07, 6.45) is 0.830. The van der Waals surface area contributed by atoms with E-state index >= 15 is 0 Å². The van der Waals surface area contributed by atoms with E-state index in [-0.39, 0.29) is 5.56 Å². The molecular weight excluding hydrogens is 274 g/mol. The summed E-state index contributed by atoms with van der Waals surface area (Å²) in [6, 6.07) is 15.8. The first-order valence-electron chi connectivity index (χ1n) is 7.42. The molecule has 106 valence electrons. The number of rotatable bonds is 0. The summed E-state index contributed by atoms with van der Waals surface area (Å²) >= 11 is 0. The molecule has 1 aliphatic rings. The molecule has 0 atom stereocenters. The molecule has 5 rings (SSSR count). The Morgan fingerprint density at radius 3 is 2.68 bits per heavy atom. The summed E-state index contributed by atoms with van der Waals surface area (Å²) in [4.78, 5) is 21.0. The van der Waals surface area contributed by atoms with Gasteiger partial charge in [0.2, 0.25) is 0 Å². The molecule has 0 amide bonds. The molecule has 22 heavy (non-hydrogen) atoms. The van der Waals surface area contributed by atoms with Crippen molar-refractivity contribution in [2.45, 2.75) is 13.0 Å². The van der Waals surface area contributed by atoms with Crippen LogP contribution in [0.1, 0.15) is 5.69 Å². The number of para-hydroxylation sites is 2. The number of hydrogen-bond donors (Lipinski definition) is 1. The number of nitrogens with one attached hydrogen (secondary N) is 1. The van der Waals surface area contributed by atoms with Gasteiger partial charge >= 0.3 is 0 Å². The third kappa shape index (κ3) is 1.41. The molecule has 0 fully saturated rings. The van der Waals surface area contributed by atoms with E-state index < -0.39 is 0 Å². The number of fused-ring (bicyclic) bond motifs is 6. The zero-order valence-electron chi connectivity index (χ0n) is 11.8. The lowest BCUT2D eigenvalue weighted by atomic mass is 10.0. The number of hydrogen-bond acceptors (Lipinski definition) is 2. The van der Waals surface area contributed by atoms with Crippen LogP contribution in [0.15, 0.2) is 53.3 Å². The maximum absolute atomic E-state index is 12.8. The number of aryl methyl sites for hydroxylation is 1. The monoisotopic (exact) mass is 287 g/mol. The van der Waals surface area contributed by atoms with Gasteiger partial charge in [0, 0.05) is 35.1 Å². The van der Waals surface area contributed by atoms with Crippen LogP contribution in [0.4, 0.5) is 0 Å². The molecule has 1 aliphatic heterocycles. The van der Waals surface area contributed by atoms with Crippen molar-refractivity contribution in [1.82, 2.24) is 14.5 Å². The molecule has 2 aromatic carbocycles. The van der Waals surface area contributed by atoms with Crippen molar-refractivity contribution in [3.8, 4) is 11.4 Å². The average molecular weight is 287 g/mol. The second kappa shape index (κ2) is 4.07. The maximum Gasteiger partial charge on any atom is 0.261 e. The predicted molar refractivity (Wildman–Crippen MR) is 87.0 cm³/mol. The Morgan fingerprint density at radius 1 is 1.00 bits per heavy atom. The first-order chi connectivity index (χ1) is 10.8. The molecule has 0 saturated carbocycles. The number of benzene rings is 2. The van der Waals surface area contributed by atoms with Crippen LogP contribution in [0.5, 0.6) is 0 Å². The average Bonchev–Trinajstić information content (AvgIpc) is 2.94. The number of aromatic amines is 1. The predicted octanol–water partition coefficient (Wildman–Crippen LogP) is 3.10. The highest BCUT2D eigenvalue weighted by Gasteiger charge is 2.23. The largest absolute Gasteiger partial charge is 0.358 e. The van der Waals surface area contributed by atoms with Gasteiger partial charge in [0.05, 0.1) is 10.9 Å². The number of nitrogens with zero attached hydrogens (tertiary/aromatic N) is 2. The molecular formula is C18H13N3O. The number of aromatic nitrogens is 3. The molecule has 0 unspecified atom stereocenters. The van der Waals surface area contributed by atoms with Crippen LogP contribution in [0.2, 0.25) is 0 Å². The molecule has 0 bridgehead atoms. The van der Waals surface area contributed by atoms with Gasteiger partial charge in [-0.3, -0.25) is 9.36 Å². The summed E-state index contributed by atoms with van der Waals surface area (Å²) < 4.78 is 1.81. The van der Waals surface area contributed by atoms with Crippen molar-refractivity contribution in [3.05, 3.63) is 64.6 Å². The summed E-state index contributed by atoms with van der Waals surface area (Å²) in [5.41, 5.74) is 4.16. The smallest absolute Gasteiger partial charge is 0.261 e. The Kier molecular flexibility index (Phi) is 2.17. The van der Waals surface area contributed by atoms with Gasteiger partial charge in [-0.1, -0.05) is 30.3 Å². The highest BCUT2D eigenvalue weighted by atomic mass is 16.1. The molecule has 2 aromatic heterocycles. The van der Waals surface area contributed by atoms with Gasteiger partial charge in [-0.05, 0) is 18.2 Å². The molecule has 3 heterocycles. The zero-order valence-corrected chi connectivity index (χ0v) is 11.8. The van der Waals surface area contributed by atoms with E-state index in [1.54, 1.807) is 0 Å². The van der Waals surface area contributed by atoms with Gasteiger partial charge in [-0.2, -0.15) is 0 Å². The van der Waals surface area contributed by atoms with Gasteiger partial charge in [0.15, 0.2) is 0 Å². The van der Waals surface area contributed by atoms with Gasteiger partial charge in [-0.25, -0.2) is 4.98 Å². The minimum Gasteiger partial charge on any atom is -0.358 e. The SMILES string of the molecule is O=c1c2ccccc2nc2n1CCc1[nH]c3ccccc3c1-2. The standard InChI is InChI=1S/C18H13N3O/c22-18-12-6-2-4-8-14(12)20-17-16-11-5-1-3-7-13(11)19-15(16)9-10-21(17)18/h1-8,19H,9-10H2. The van der Waals surface area contributed by atoms with Crippen LogP contribution in [0.3, 0.4) is 0 Å². The van der Waals surface area contributed by atoms with E-state index in [1.807, 2.05) is 41.0 Å². The molecule has 0 saturated heterocycles. The Bertz CT molecular complexity index is 1100. The van der Waals surface area contributed by atoms with Crippen molar-refractivity contribution in [1.29, 1.82) is 0 Å². The fourth-order valence-corrected chi connectivity index (χ4v) is 3.43. The molecule has 4 nitrogen and oxygen atoms in total. The van der Waals surface area contributed by atoms with Gasteiger partial charge < -0.3 is 4.98 Å². The molecule has 0 radical (unpaired) electrons. The summed E-state index contributed by atoms with van der Waals surface area (Å²) in [5.74, 6) is 0.780. The van der Waals surface area contributed by atoms with E-state index in [4.69, 9.17) is 4.98 Å². The van der Waals surface area contributed by atoms with E-state index in [0.29, 0.717) is 11.9 Å². The van der Waals surface area contributed by atoms with Crippen molar-refractivity contribution < 1.29 is 0 Å². The van der Waals surface area contributed by atoms with E-state index in [1.165, 1.54) is 5.69 Å². The lowest BCUT2D eigenvalue weighted by molar-refractivity contribution is 0.646. The van der Waals surface area contributed by atoms with Gasteiger partial charge in [0.25, 0.3) is 5.56 Å². The first-order valence-corrected chi connectivity index (χ1v) is 7.42. The third-order valence-corrected chi connectivity index (χ3v) is 4.45. The minimum atomic E-state index is 0.0523. The highest BCUT2D eigenvalue weighted by molar-refractivity contribution is 5.97. The molecule has 4 aromatic rings. The zero-order chi connectivity index (χ0) is 14.7. The van der Waals surface area contributed by atoms with Crippen LogP contribution in [-0.2, 0) is 13.0 Å². The second-order valence-corrected chi connectivity index (χ2v) is 5.68. The van der Waals surface area contributed by atoms with Gasteiger partial charge in [0.1, 0.15) is 5.82 Å². The van der Waals surface area contributed by atoms with E-state index in [9.17, 15) is 4.79 Å². The van der Waals surface area contributed by atoms with Crippen LogP contribution in [0, 0.1) is 0 Å². The number of H-pyrrole nitrogens is 1. The van der Waals surface area contributed by atoms with Crippen LogP contribution < -0.4 is 5.56 Å². The Labute approximate surface area is 126 Å². The van der Waals surface area contributed by atoms with Crippen LogP contribution in [-0.4, -0.2) is 14.5 Å². The van der Waals surface area contributed by atoms with Gasteiger partial charge in [-0.15, -0.1) is 0 Å². The quantitative estimate of drug-likeness (QED) is 0.540. The van der Waals surface area contributed by atoms with Crippen molar-refractivity contribution in [2.75, 3.05) is 0 Å². The molecule has 4 heteroatoms. The lowest BCUT2D eigenvalue weighted by Crippen LogP contribution is -2.27. The van der Waals surface area contributed by atoms with Crippen LogP contribution in [0.25, 0.3) is 33.2 Å². The van der Waals surface area contributed by atoms with Crippen molar-refractivity contribution >= 4 is 21.8 Å². The molecule has 0 spiro atoms. The van der Waals surface area contributed by atoms with E-state index in [0.717, 1.165) is 34.2 Å². The Morgan fingerprint density at radius 2 is 1.77 bits per heavy atom. The first kappa shape index (κ1) is 11.7. The maximum atomic E-state index is 12.8. The van der Waals surface area contributed by atoms with Crippen molar-refractivity contribution in [3.63, 3.8) is 0 Å². The molecule has 0 aliphatic carbocycles. The lowest BCUT2D eigenvalue weighted by Gasteiger charge is -2.18. The minimum absolute atomic E-state index is 0.0523. The molecule has 1 N–H and O–H groups in total.